The largest absolute Gasteiger partial charge is 0.444 e. The third-order valence-electron chi connectivity index (χ3n) is 3.32. The van der Waals surface area contributed by atoms with Crippen molar-refractivity contribution in [3.63, 3.8) is 0 Å². The summed E-state index contributed by atoms with van der Waals surface area (Å²) in [5.74, 6) is 0.517. The third kappa shape index (κ3) is 3.93. The monoisotopic (exact) mass is 277 g/mol. The Morgan fingerprint density at radius 1 is 1.45 bits per heavy atom. The van der Waals surface area contributed by atoms with Gasteiger partial charge >= 0.3 is 6.09 Å². The molecule has 110 valence electrons. The van der Waals surface area contributed by atoms with E-state index < -0.39 is 11.7 Å². The Morgan fingerprint density at radius 3 is 2.70 bits per heavy atom. The summed E-state index contributed by atoms with van der Waals surface area (Å²) < 4.78 is 5.19. The minimum Gasteiger partial charge on any atom is -0.444 e. The van der Waals surface area contributed by atoms with Crippen LogP contribution >= 0.6 is 0 Å². The molecule has 2 heterocycles. The normalized spacial score (nSPS) is 19.9. The highest BCUT2D eigenvalue weighted by Gasteiger charge is 2.23. The lowest BCUT2D eigenvalue weighted by Gasteiger charge is -2.20. The van der Waals surface area contributed by atoms with Gasteiger partial charge in [-0.2, -0.15) is 0 Å². The van der Waals surface area contributed by atoms with Gasteiger partial charge in [0, 0.05) is 12.2 Å². The lowest BCUT2D eigenvalue weighted by Crippen LogP contribution is -2.27. The molecule has 5 nitrogen and oxygen atoms in total. The van der Waals surface area contributed by atoms with Crippen LogP contribution in [0.1, 0.15) is 45.2 Å². The van der Waals surface area contributed by atoms with Crippen LogP contribution < -0.4 is 5.32 Å². The van der Waals surface area contributed by atoms with Gasteiger partial charge in [-0.15, -0.1) is 0 Å². The van der Waals surface area contributed by atoms with E-state index in [4.69, 9.17) is 4.74 Å². The maximum absolute atomic E-state index is 11.6. The number of pyridine rings is 1. The smallest absolute Gasteiger partial charge is 0.413 e. The first-order valence-electron chi connectivity index (χ1n) is 7.01. The van der Waals surface area contributed by atoms with Crippen molar-refractivity contribution in [2.45, 2.75) is 45.3 Å². The number of nitrogens with zero attached hydrogens (tertiary/aromatic N) is 2. The van der Waals surface area contributed by atoms with Crippen LogP contribution in [0.25, 0.3) is 0 Å². The highest BCUT2D eigenvalue weighted by molar-refractivity contribution is 5.83. The Hall–Kier alpha value is -1.62. The zero-order chi connectivity index (χ0) is 14.8. The Bertz CT molecular complexity index is 465. The van der Waals surface area contributed by atoms with Crippen molar-refractivity contribution in [2.24, 2.45) is 0 Å². The van der Waals surface area contributed by atoms with E-state index >= 15 is 0 Å². The maximum Gasteiger partial charge on any atom is 0.413 e. The molecule has 20 heavy (non-hydrogen) atoms. The number of rotatable bonds is 2. The van der Waals surface area contributed by atoms with E-state index in [0.717, 1.165) is 13.0 Å². The van der Waals surface area contributed by atoms with Gasteiger partial charge in [-0.05, 0) is 58.8 Å². The SMILES string of the molecule is CN1CCCC1c1ccc(NC(=O)OC(C)(C)C)nc1. The third-order valence-corrected chi connectivity index (χ3v) is 3.32. The van der Waals surface area contributed by atoms with Crippen LogP contribution in [-0.2, 0) is 4.74 Å². The van der Waals surface area contributed by atoms with E-state index in [0.29, 0.717) is 11.9 Å². The van der Waals surface area contributed by atoms with E-state index in [-0.39, 0.29) is 0 Å². The van der Waals surface area contributed by atoms with E-state index in [2.05, 4.69) is 22.2 Å². The Balaban J connectivity index is 1.96. The molecule has 1 aliphatic heterocycles. The highest BCUT2D eigenvalue weighted by Crippen LogP contribution is 2.30. The van der Waals surface area contributed by atoms with E-state index in [9.17, 15) is 4.79 Å². The zero-order valence-corrected chi connectivity index (χ0v) is 12.6. The molecular formula is C15H23N3O2. The summed E-state index contributed by atoms with van der Waals surface area (Å²) in [4.78, 5) is 18.3. The van der Waals surface area contributed by atoms with Crippen LogP contribution in [0.3, 0.4) is 0 Å². The van der Waals surface area contributed by atoms with Gasteiger partial charge in [0.2, 0.25) is 0 Å². The second-order valence-corrected chi connectivity index (χ2v) is 6.24. The molecule has 0 aromatic carbocycles. The maximum atomic E-state index is 11.6. The first-order chi connectivity index (χ1) is 9.35. The first kappa shape index (κ1) is 14.8. The number of amides is 1. The number of carbonyl (C=O) groups is 1. The van der Waals surface area contributed by atoms with Gasteiger partial charge in [0.15, 0.2) is 0 Å². The topological polar surface area (TPSA) is 54.5 Å². The molecule has 1 amide bonds. The Morgan fingerprint density at radius 2 is 2.20 bits per heavy atom. The molecular weight excluding hydrogens is 254 g/mol. The number of likely N-dealkylation sites (tertiary alicyclic amines) is 1. The quantitative estimate of drug-likeness (QED) is 0.902. The number of hydrogen-bond acceptors (Lipinski definition) is 4. The molecule has 0 saturated carbocycles. The second-order valence-electron chi connectivity index (χ2n) is 6.24. The van der Waals surface area contributed by atoms with Crippen LogP contribution in [0.5, 0.6) is 0 Å². The molecule has 1 aliphatic rings. The molecule has 2 rings (SSSR count). The number of ether oxygens (including phenoxy) is 1. The predicted molar refractivity (Wildman–Crippen MR) is 78.7 cm³/mol. The van der Waals surface area contributed by atoms with E-state index in [1.54, 1.807) is 0 Å². The zero-order valence-electron chi connectivity index (χ0n) is 12.6. The van der Waals surface area contributed by atoms with Crippen LogP contribution in [0, 0.1) is 0 Å². The molecule has 1 fully saturated rings. The number of carbonyl (C=O) groups excluding carboxylic acids is 1. The minimum absolute atomic E-state index is 0.443. The standard InChI is InChI=1S/C15H23N3O2/c1-15(2,3)20-14(19)17-13-8-7-11(10-16-13)12-6-5-9-18(12)4/h7-8,10,12H,5-6,9H2,1-4H3,(H,16,17,19). The summed E-state index contributed by atoms with van der Waals surface area (Å²) >= 11 is 0. The van der Waals surface area contributed by atoms with Gasteiger partial charge in [0.05, 0.1) is 0 Å². The molecule has 1 unspecified atom stereocenters. The molecule has 1 aromatic heterocycles. The number of anilines is 1. The molecule has 1 atom stereocenters. The van der Waals surface area contributed by atoms with Crippen LogP contribution in [0.15, 0.2) is 18.3 Å². The average Bonchev–Trinajstić information content (AvgIpc) is 2.74. The van der Waals surface area contributed by atoms with Gasteiger partial charge in [0.1, 0.15) is 11.4 Å². The lowest BCUT2D eigenvalue weighted by atomic mass is 10.1. The highest BCUT2D eigenvalue weighted by atomic mass is 16.6. The Labute approximate surface area is 120 Å². The molecule has 0 aliphatic carbocycles. The molecule has 5 heteroatoms. The summed E-state index contributed by atoms with van der Waals surface area (Å²) in [6.07, 6.45) is 3.74. The molecule has 1 saturated heterocycles. The summed E-state index contributed by atoms with van der Waals surface area (Å²) in [7, 11) is 2.13. The fourth-order valence-corrected chi connectivity index (χ4v) is 2.42. The molecule has 0 bridgehead atoms. The minimum atomic E-state index is -0.503. The summed E-state index contributed by atoms with van der Waals surface area (Å²) in [5, 5.41) is 2.64. The number of hydrogen-bond donors (Lipinski definition) is 1. The van der Waals surface area contributed by atoms with Gasteiger partial charge < -0.3 is 4.74 Å². The van der Waals surface area contributed by atoms with Crippen molar-refractivity contribution in [2.75, 3.05) is 18.9 Å². The molecule has 1 aromatic rings. The fraction of sp³-hybridized carbons (Fsp3) is 0.600. The number of nitrogens with one attached hydrogen (secondary N) is 1. The van der Waals surface area contributed by atoms with Crippen molar-refractivity contribution >= 4 is 11.9 Å². The predicted octanol–water partition coefficient (Wildman–Crippen LogP) is 3.20. The lowest BCUT2D eigenvalue weighted by molar-refractivity contribution is 0.0635. The van der Waals surface area contributed by atoms with Crippen molar-refractivity contribution in [3.8, 4) is 0 Å². The van der Waals surface area contributed by atoms with Gasteiger partial charge in [-0.25, -0.2) is 9.78 Å². The van der Waals surface area contributed by atoms with E-state index in [1.165, 1.54) is 12.0 Å². The molecule has 0 radical (unpaired) electrons. The van der Waals surface area contributed by atoms with Crippen LogP contribution in [-0.4, -0.2) is 35.2 Å². The Kier molecular flexibility index (Phi) is 4.28. The van der Waals surface area contributed by atoms with Crippen molar-refractivity contribution in [1.29, 1.82) is 0 Å². The average molecular weight is 277 g/mol. The summed E-state index contributed by atoms with van der Waals surface area (Å²) in [5.41, 5.74) is 0.691. The van der Waals surface area contributed by atoms with Crippen LogP contribution in [0.4, 0.5) is 10.6 Å². The second kappa shape index (κ2) is 5.79. The first-order valence-corrected chi connectivity index (χ1v) is 7.01. The van der Waals surface area contributed by atoms with Crippen molar-refractivity contribution in [1.82, 2.24) is 9.88 Å². The van der Waals surface area contributed by atoms with Crippen molar-refractivity contribution < 1.29 is 9.53 Å². The summed E-state index contributed by atoms with van der Waals surface area (Å²) in [6.45, 7) is 6.62. The van der Waals surface area contributed by atoms with Crippen LogP contribution in [0.2, 0.25) is 0 Å². The van der Waals surface area contributed by atoms with Gasteiger partial charge in [-0.1, -0.05) is 6.07 Å². The fourth-order valence-electron chi connectivity index (χ4n) is 2.42. The molecule has 0 spiro atoms. The van der Waals surface area contributed by atoms with E-state index in [1.807, 2.05) is 39.1 Å². The van der Waals surface area contributed by atoms with Gasteiger partial charge in [0.25, 0.3) is 0 Å². The molecule has 1 N–H and O–H groups in total. The van der Waals surface area contributed by atoms with Crippen molar-refractivity contribution in [3.05, 3.63) is 23.9 Å². The van der Waals surface area contributed by atoms with Gasteiger partial charge in [-0.3, -0.25) is 10.2 Å². The number of aromatic nitrogens is 1. The summed E-state index contributed by atoms with van der Waals surface area (Å²) in [6, 6.07) is 4.29.